The van der Waals surface area contributed by atoms with Gasteiger partial charge in [-0.1, -0.05) is 0 Å². The molecule has 0 aromatic heterocycles. The zero-order valence-corrected chi connectivity index (χ0v) is 10.5. The van der Waals surface area contributed by atoms with Gasteiger partial charge in [-0.2, -0.15) is 0 Å². The minimum absolute atomic E-state index is 0.156. The number of benzene rings is 1. The normalized spacial score (nSPS) is 19.9. The quantitative estimate of drug-likeness (QED) is 0.702. The molecule has 1 saturated heterocycles. The van der Waals surface area contributed by atoms with E-state index >= 15 is 0 Å². The van der Waals surface area contributed by atoms with Gasteiger partial charge < -0.3 is 21.1 Å². The largest absolute Gasteiger partial charge is 0.478 e. The Morgan fingerprint density at radius 1 is 1.61 bits per heavy atom. The molecule has 2 rings (SSSR count). The fourth-order valence-corrected chi connectivity index (χ4v) is 2.31. The van der Waals surface area contributed by atoms with Crippen molar-refractivity contribution in [2.75, 3.05) is 37.7 Å². The summed E-state index contributed by atoms with van der Waals surface area (Å²) in [5.41, 5.74) is 6.88. The number of rotatable bonds is 4. The first-order chi connectivity index (χ1) is 8.56. The minimum atomic E-state index is -0.989. The van der Waals surface area contributed by atoms with E-state index < -0.39 is 5.97 Å². The first kappa shape index (κ1) is 12.7. The van der Waals surface area contributed by atoms with Crippen LogP contribution in [0.5, 0.6) is 0 Å². The van der Waals surface area contributed by atoms with Crippen LogP contribution < -0.4 is 11.1 Å². The molecule has 0 saturated carbocycles. The Morgan fingerprint density at radius 2 is 2.39 bits per heavy atom. The second-order valence-electron chi connectivity index (χ2n) is 4.91. The molecule has 0 amide bonds. The van der Waals surface area contributed by atoms with Crippen LogP contribution >= 0.6 is 0 Å². The van der Waals surface area contributed by atoms with Crippen molar-refractivity contribution in [3.63, 3.8) is 0 Å². The number of carbonyl (C=O) groups is 1. The van der Waals surface area contributed by atoms with Crippen LogP contribution in [0.2, 0.25) is 0 Å². The molecule has 1 atom stereocenters. The number of hydrogen-bond donors (Lipinski definition) is 3. The summed E-state index contributed by atoms with van der Waals surface area (Å²) in [6.07, 6.45) is 1.18. The van der Waals surface area contributed by atoms with E-state index in [4.69, 9.17) is 10.8 Å². The highest BCUT2D eigenvalue weighted by Crippen LogP contribution is 2.20. The van der Waals surface area contributed by atoms with Gasteiger partial charge in [0.1, 0.15) is 0 Å². The van der Waals surface area contributed by atoms with Gasteiger partial charge in [-0.25, -0.2) is 4.79 Å². The fourth-order valence-electron chi connectivity index (χ4n) is 2.31. The highest BCUT2D eigenvalue weighted by atomic mass is 16.4. The maximum Gasteiger partial charge on any atom is 0.337 e. The van der Waals surface area contributed by atoms with Crippen LogP contribution in [-0.4, -0.2) is 42.7 Å². The van der Waals surface area contributed by atoms with E-state index in [0.29, 0.717) is 11.6 Å². The molecule has 1 unspecified atom stereocenters. The van der Waals surface area contributed by atoms with Crippen LogP contribution in [0, 0.1) is 5.92 Å². The Kier molecular flexibility index (Phi) is 3.72. The Balaban J connectivity index is 1.97. The van der Waals surface area contributed by atoms with Crippen molar-refractivity contribution in [1.29, 1.82) is 0 Å². The van der Waals surface area contributed by atoms with Crippen LogP contribution in [0.1, 0.15) is 16.8 Å². The van der Waals surface area contributed by atoms with E-state index in [2.05, 4.69) is 17.3 Å². The molecule has 1 heterocycles. The number of nitrogens with one attached hydrogen (secondary N) is 1. The average molecular weight is 249 g/mol. The molecule has 1 fully saturated rings. The molecule has 98 valence electrons. The summed E-state index contributed by atoms with van der Waals surface area (Å²) in [4.78, 5) is 13.3. The van der Waals surface area contributed by atoms with Crippen LogP contribution in [-0.2, 0) is 0 Å². The monoisotopic (exact) mass is 249 g/mol. The van der Waals surface area contributed by atoms with Crippen LogP contribution in [0.3, 0.4) is 0 Å². The second kappa shape index (κ2) is 5.27. The lowest BCUT2D eigenvalue weighted by molar-refractivity contribution is 0.0698. The molecule has 1 aliphatic rings. The van der Waals surface area contributed by atoms with Crippen molar-refractivity contribution in [2.45, 2.75) is 6.42 Å². The average Bonchev–Trinajstić information content (AvgIpc) is 2.74. The number of carboxylic acid groups (broad SMARTS) is 1. The molecule has 1 aromatic rings. The van der Waals surface area contributed by atoms with E-state index in [-0.39, 0.29) is 5.56 Å². The van der Waals surface area contributed by atoms with Gasteiger partial charge in [-0.15, -0.1) is 0 Å². The van der Waals surface area contributed by atoms with Gasteiger partial charge in [-0.05, 0) is 44.1 Å². The predicted molar refractivity (Wildman–Crippen MR) is 71.9 cm³/mol. The van der Waals surface area contributed by atoms with Gasteiger partial charge in [0, 0.05) is 24.5 Å². The van der Waals surface area contributed by atoms with Gasteiger partial charge >= 0.3 is 5.97 Å². The molecule has 4 N–H and O–H groups in total. The molecule has 0 bridgehead atoms. The third-order valence-corrected chi connectivity index (χ3v) is 3.37. The summed E-state index contributed by atoms with van der Waals surface area (Å²) in [5.74, 6) is -0.363. The Hall–Kier alpha value is -1.75. The maximum atomic E-state index is 11.0. The van der Waals surface area contributed by atoms with Gasteiger partial charge in [0.2, 0.25) is 0 Å². The summed E-state index contributed by atoms with van der Waals surface area (Å²) < 4.78 is 0. The van der Waals surface area contributed by atoms with Crippen molar-refractivity contribution in [3.8, 4) is 0 Å². The molecule has 5 heteroatoms. The lowest BCUT2D eigenvalue weighted by Crippen LogP contribution is -2.19. The molecule has 18 heavy (non-hydrogen) atoms. The molecule has 0 radical (unpaired) electrons. The minimum Gasteiger partial charge on any atom is -0.478 e. The van der Waals surface area contributed by atoms with E-state index in [0.717, 1.165) is 25.3 Å². The molecular weight excluding hydrogens is 230 g/mol. The van der Waals surface area contributed by atoms with Crippen molar-refractivity contribution in [2.24, 2.45) is 5.92 Å². The lowest BCUT2D eigenvalue weighted by atomic mass is 10.1. The van der Waals surface area contributed by atoms with E-state index in [9.17, 15) is 4.79 Å². The number of nitrogen functional groups attached to an aromatic ring is 1. The Labute approximate surface area is 107 Å². The van der Waals surface area contributed by atoms with Crippen molar-refractivity contribution < 1.29 is 9.90 Å². The summed E-state index contributed by atoms with van der Waals surface area (Å²) in [5, 5.41) is 12.3. The molecule has 0 spiro atoms. The van der Waals surface area contributed by atoms with Crippen LogP contribution in [0.4, 0.5) is 11.4 Å². The van der Waals surface area contributed by atoms with Crippen LogP contribution in [0.15, 0.2) is 18.2 Å². The Bertz CT molecular complexity index is 448. The molecule has 5 nitrogen and oxygen atoms in total. The van der Waals surface area contributed by atoms with E-state index in [1.807, 2.05) is 6.07 Å². The smallest absolute Gasteiger partial charge is 0.337 e. The summed E-state index contributed by atoms with van der Waals surface area (Å²) in [6, 6.07) is 5.04. The summed E-state index contributed by atoms with van der Waals surface area (Å²) in [6.45, 7) is 3.09. The summed E-state index contributed by atoms with van der Waals surface area (Å²) in [7, 11) is 2.12. The number of anilines is 2. The first-order valence-corrected chi connectivity index (χ1v) is 6.11. The molecule has 0 aliphatic carbocycles. The summed E-state index contributed by atoms with van der Waals surface area (Å²) >= 11 is 0. The zero-order chi connectivity index (χ0) is 13.1. The number of likely N-dealkylation sites (tertiary alicyclic amines) is 1. The Morgan fingerprint density at radius 3 is 3.00 bits per heavy atom. The maximum absolute atomic E-state index is 11.0. The number of nitrogens with two attached hydrogens (primary N) is 1. The van der Waals surface area contributed by atoms with Crippen molar-refractivity contribution in [1.82, 2.24) is 4.90 Å². The number of carboxylic acids is 1. The number of hydrogen-bond acceptors (Lipinski definition) is 4. The topological polar surface area (TPSA) is 78.6 Å². The van der Waals surface area contributed by atoms with Gasteiger partial charge in [0.05, 0.1) is 5.56 Å². The van der Waals surface area contributed by atoms with Gasteiger partial charge in [-0.3, -0.25) is 0 Å². The molecular formula is C13H19N3O2. The van der Waals surface area contributed by atoms with Crippen molar-refractivity contribution >= 4 is 17.3 Å². The molecule has 1 aromatic carbocycles. The second-order valence-corrected chi connectivity index (χ2v) is 4.91. The van der Waals surface area contributed by atoms with E-state index in [1.54, 1.807) is 12.1 Å². The standard InChI is InChI=1S/C13H19N3O2/c1-16-5-4-9(8-16)7-15-10-2-3-12(14)11(6-10)13(17)18/h2-3,6,9,15H,4-5,7-8,14H2,1H3,(H,17,18). The predicted octanol–water partition coefficient (Wildman–Crippen LogP) is 1.33. The van der Waals surface area contributed by atoms with E-state index in [1.165, 1.54) is 6.42 Å². The fraction of sp³-hybridized carbons (Fsp3) is 0.462. The zero-order valence-electron chi connectivity index (χ0n) is 10.5. The highest BCUT2D eigenvalue weighted by molar-refractivity contribution is 5.94. The number of aromatic carboxylic acids is 1. The SMILES string of the molecule is CN1CCC(CNc2ccc(N)c(C(=O)O)c2)C1. The highest BCUT2D eigenvalue weighted by Gasteiger charge is 2.19. The van der Waals surface area contributed by atoms with Crippen LogP contribution in [0.25, 0.3) is 0 Å². The third-order valence-electron chi connectivity index (χ3n) is 3.37. The number of nitrogens with zero attached hydrogens (tertiary/aromatic N) is 1. The van der Waals surface area contributed by atoms with Gasteiger partial charge in [0.25, 0.3) is 0 Å². The van der Waals surface area contributed by atoms with Gasteiger partial charge in [0.15, 0.2) is 0 Å². The van der Waals surface area contributed by atoms with Crippen molar-refractivity contribution in [3.05, 3.63) is 23.8 Å². The first-order valence-electron chi connectivity index (χ1n) is 6.11. The third kappa shape index (κ3) is 2.92. The molecule has 1 aliphatic heterocycles. The lowest BCUT2D eigenvalue weighted by Gasteiger charge is -2.13.